The van der Waals surface area contributed by atoms with Crippen molar-refractivity contribution in [2.75, 3.05) is 25.9 Å². The van der Waals surface area contributed by atoms with E-state index in [9.17, 15) is 4.79 Å². The van der Waals surface area contributed by atoms with Crippen molar-refractivity contribution in [1.82, 2.24) is 4.90 Å². The summed E-state index contributed by atoms with van der Waals surface area (Å²) in [5, 5.41) is 8.88. The summed E-state index contributed by atoms with van der Waals surface area (Å²) in [6.45, 7) is 1.44. The zero-order chi connectivity index (χ0) is 17.8. The molecule has 5 nitrogen and oxygen atoms in total. The van der Waals surface area contributed by atoms with Crippen LogP contribution in [-0.2, 0) is 0 Å². The Morgan fingerprint density at radius 3 is 2.44 bits per heavy atom. The monoisotopic (exact) mass is 335 g/mol. The Morgan fingerprint density at radius 1 is 1.20 bits per heavy atom. The Labute approximate surface area is 147 Å². The lowest BCUT2D eigenvalue weighted by Gasteiger charge is -2.32. The average molecular weight is 335 g/mol. The highest BCUT2D eigenvalue weighted by molar-refractivity contribution is 5.95. The Morgan fingerprint density at radius 2 is 1.88 bits per heavy atom. The molecule has 128 valence electrons. The number of nitriles is 1. The van der Waals surface area contributed by atoms with Crippen LogP contribution in [0.15, 0.2) is 42.5 Å². The van der Waals surface area contributed by atoms with Crippen molar-refractivity contribution in [3.63, 3.8) is 0 Å². The number of hydrogen-bond donors (Lipinski definition) is 1. The molecule has 2 aromatic carbocycles. The maximum atomic E-state index is 12.7. The number of ether oxygens (including phenoxy) is 1. The summed E-state index contributed by atoms with van der Waals surface area (Å²) in [5.41, 5.74) is 8.88. The molecule has 0 spiro atoms. The molecule has 3 rings (SSSR count). The van der Waals surface area contributed by atoms with E-state index in [-0.39, 0.29) is 5.91 Å². The maximum Gasteiger partial charge on any atom is 0.253 e. The number of hydrogen-bond acceptors (Lipinski definition) is 4. The molecule has 0 radical (unpaired) electrons. The minimum Gasteiger partial charge on any atom is -0.495 e. The molecule has 1 heterocycles. The predicted molar refractivity (Wildman–Crippen MR) is 96.4 cm³/mol. The zero-order valence-corrected chi connectivity index (χ0v) is 14.2. The summed E-state index contributed by atoms with van der Waals surface area (Å²) in [7, 11) is 1.56. The van der Waals surface area contributed by atoms with Gasteiger partial charge in [0.2, 0.25) is 0 Å². The highest BCUT2D eigenvalue weighted by Crippen LogP contribution is 2.29. The lowest BCUT2D eigenvalue weighted by atomic mass is 9.89. The Bertz CT molecular complexity index is 801. The molecule has 1 aliphatic heterocycles. The van der Waals surface area contributed by atoms with Gasteiger partial charge in [0.25, 0.3) is 5.91 Å². The number of amides is 1. The number of nitrogen functional groups attached to an aromatic ring is 1. The highest BCUT2D eigenvalue weighted by atomic mass is 16.5. The molecule has 2 aromatic rings. The van der Waals surface area contributed by atoms with Crippen molar-refractivity contribution >= 4 is 11.6 Å². The zero-order valence-electron chi connectivity index (χ0n) is 14.2. The number of rotatable bonds is 3. The van der Waals surface area contributed by atoms with E-state index in [0.29, 0.717) is 28.5 Å². The van der Waals surface area contributed by atoms with E-state index in [0.717, 1.165) is 25.9 Å². The summed E-state index contributed by atoms with van der Waals surface area (Å²) >= 11 is 0. The van der Waals surface area contributed by atoms with Gasteiger partial charge in [-0.3, -0.25) is 4.79 Å². The first-order valence-corrected chi connectivity index (χ1v) is 8.35. The van der Waals surface area contributed by atoms with E-state index in [4.69, 9.17) is 15.7 Å². The second-order valence-corrected chi connectivity index (χ2v) is 6.26. The van der Waals surface area contributed by atoms with Crippen LogP contribution in [0.3, 0.4) is 0 Å². The largest absolute Gasteiger partial charge is 0.495 e. The third-order valence-corrected chi connectivity index (χ3v) is 4.77. The smallest absolute Gasteiger partial charge is 0.253 e. The van der Waals surface area contributed by atoms with Crippen LogP contribution in [0.2, 0.25) is 0 Å². The number of carbonyl (C=O) groups excluding carboxylic acids is 1. The number of carbonyl (C=O) groups is 1. The first kappa shape index (κ1) is 16.8. The molecule has 25 heavy (non-hydrogen) atoms. The lowest BCUT2D eigenvalue weighted by molar-refractivity contribution is 0.0713. The van der Waals surface area contributed by atoms with Crippen molar-refractivity contribution in [1.29, 1.82) is 5.26 Å². The van der Waals surface area contributed by atoms with Gasteiger partial charge in [0, 0.05) is 18.7 Å². The van der Waals surface area contributed by atoms with Gasteiger partial charge in [-0.2, -0.15) is 5.26 Å². The standard InChI is InChI=1S/C20H21N3O2/c1-25-19-7-6-17(12-18(19)22)20(24)23-10-8-16(9-11-23)15-4-2-14(13-21)3-5-15/h2-7,12,16H,8-11,22H2,1H3. The third-order valence-electron chi connectivity index (χ3n) is 4.77. The van der Waals surface area contributed by atoms with Crippen molar-refractivity contribution in [2.45, 2.75) is 18.8 Å². The maximum absolute atomic E-state index is 12.7. The van der Waals surface area contributed by atoms with Crippen LogP contribution in [0.5, 0.6) is 5.75 Å². The number of likely N-dealkylation sites (tertiary alicyclic amines) is 1. The van der Waals surface area contributed by atoms with Gasteiger partial charge in [0.05, 0.1) is 24.4 Å². The fourth-order valence-electron chi connectivity index (χ4n) is 3.30. The summed E-state index contributed by atoms with van der Waals surface area (Å²) in [5.74, 6) is 1.02. The average Bonchev–Trinajstić information content (AvgIpc) is 2.67. The summed E-state index contributed by atoms with van der Waals surface area (Å²) in [6, 6.07) is 15.0. The highest BCUT2D eigenvalue weighted by Gasteiger charge is 2.25. The minimum atomic E-state index is 0.00707. The quantitative estimate of drug-likeness (QED) is 0.874. The van der Waals surface area contributed by atoms with E-state index in [1.54, 1.807) is 25.3 Å². The van der Waals surface area contributed by atoms with Gasteiger partial charge in [-0.05, 0) is 54.7 Å². The molecule has 2 N–H and O–H groups in total. The fraction of sp³-hybridized carbons (Fsp3) is 0.300. The van der Waals surface area contributed by atoms with Gasteiger partial charge in [-0.15, -0.1) is 0 Å². The van der Waals surface area contributed by atoms with Crippen molar-refractivity contribution in [3.8, 4) is 11.8 Å². The molecule has 0 aliphatic carbocycles. The van der Waals surface area contributed by atoms with Crippen LogP contribution < -0.4 is 10.5 Å². The van der Waals surface area contributed by atoms with Gasteiger partial charge < -0.3 is 15.4 Å². The van der Waals surface area contributed by atoms with Crippen molar-refractivity contribution in [2.24, 2.45) is 0 Å². The lowest BCUT2D eigenvalue weighted by Crippen LogP contribution is -2.37. The SMILES string of the molecule is COc1ccc(C(=O)N2CCC(c3ccc(C#N)cc3)CC2)cc1N. The Balaban J connectivity index is 1.64. The number of nitrogens with zero attached hydrogens (tertiary/aromatic N) is 2. The van der Waals surface area contributed by atoms with Crippen LogP contribution in [-0.4, -0.2) is 31.0 Å². The van der Waals surface area contributed by atoms with E-state index < -0.39 is 0 Å². The molecule has 0 aromatic heterocycles. The van der Waals surface area contributed by atoms with E-state index in [2.05, 4.69) is 6.07 Å². The topological polar surface area (TPSA) is 79.3 Å². The Hall–Kier alpha value is -3.00. The predicted octanol–water partition coefficient (Wildman–Crippen LogP) is 3.17. The molecular formula is C20H21N3O2. The summed E-state index contributed by atoms with van der Waals surface area (Å²) < 4.78 is 5.13. The number of nitrogens with two attached hydrogens (primary N) is 1. The second-order valence-electron chi connectivity index (χ2n) is 6.26. The molecule has 1 aliphatic rings. The van der Waals surface area contributed by atoms with Gasteiger partial charge in [-0.1, -0.05) is 12.1 Å². The van der Waals surface area contributed by atoms with Gasteiger partial charge in [-0.25, -0.2) is 0 Å². The van der Waals surface area contributed by atoms with Gasteiger partial charge >= 0.3 is 0 Å². The summed E-state index contributed by atoms with van der Waals surface area (Å²) in [4.78, 5) is 14.5. The number of benzene rings is 2. The first-order chi connectivity index (χ1) is 12.1. The van der Waals surface area contributed by atoms with E-state index in [1.165, 1.54) is 5.56 Å². The fourth-order valence-corrected chi connectivity index (χ4v) is 3.30. The molecule has 1 saturated heterocycles. The molecular weight excluding hydrogens is 314 g/mol. The minimum absolute atomic E-state index is 0.00707. The van der Waals surface area contributed by atoms with E-state index >= 15 is 0 Å². The molecule has 0 unspecified atom stereocenters. The van der Waals surface area contributed by atoms with Crippen LogP contribution in [0.1, 0.15) is 40.2 Å². The van der Waals surface area contributed by atoms with E-state index in [1.807, 2.05) is 29.2 Å². The number of piperidine rings is 1. The van der Waals surface area contributed by atoms with Crippen LogP contribution in [0, 0.1) is 11.3 Å². The van der Waals surface area contributed by atoms with Crippen LogP contribution in [0.25, 0.3) is 0 Å². The number of anilines is 1. The van der Waals surface area contributed by atoms with Gasteiger partial charge in [0.15, 0.2) is 0 Å². The normalized spacial score (nSPS) is 14.8. The molecule has 0 atom stereocenters. The molecule has 1 fully saturated rings. The number of methoxy groups -OCH3 is 1. The molecule has 0 bridgehead atoms. The molecule has 0 saturated carbocycles. The third kappa shape index (κ3) is 3.58. The Kier molecular flexibility index (Phi) is 4.90. The van der Waals surface area contributed by atoms with Crippen LogP contribution in [0.4, 0.5) is 5.69 Å². The molecule has 1 amide bonds. The first-order valence-electron chi connectivity index (χ1n) is 8.35. The molecule has 5 heteroatoms. The van der Waals surface area contributed by atoms with Crippen LogP contribution >= 0.6 is 0 Å². The summed E-state index contributed by atoms with van der Waals surface area (Å²) in [6.07, 6.45) is 1.84. The second kappa shape index (κ2) is 7.27. The van der Waals surface area contributed by atoms with Crippen molar-refractivity contribution in [3.05, 3.63) is 59.2 Å². The van der Waals surface area contributed by atoms with Crippen molar-refractivity contribution < 1.29 is 9.53 Å². The van der Waals surface area contributed by atoms with Gasteiger partial charge in [0.1, 0.15) is 5.75 Å².